The van der Waals surface area contributed by atoms with E-state index in [0.29, 0.717) is 26.4 Å². The van der Waals surface area contributed by atoms with Crippen molar-refractivity contribution >= 4 is 0 Å². The molecule has 3 saturated heterocycles. The van der Waals surface area contributed by atoms with Crippen LogP contribution in [0.25, 0.3) is 0 Å². The van der Waals surface area contributed by atoms with E-state index in [4.69, 9.17) is 19.0 Å². The van der Waals surface area contributed by atoms with Crippen LogP contribution >= 0.6 is 0 Å². The maximum Gasteiger partial charge on any atom is 0.163 e. The van der Waals surface area contributed by atoms with Gasteiger partial charge in [0, 0.05) is 12.5 Å². The van der Waals surface area contributed by atoms with Crippen LogP contribution in [0.4, 0.5) is 0 Å². The minimum atomic E-state index is -0.544. The molecule has 0 amide bonds. The van der Waals surface area contributed by atoms with Crippen LogP contribution in [0.3, 0.4) is 0 Å². The molecule has 1 aromatic rings. The van der Waals surface area contributed by atoms with E-state index in [1.54, 1.807) is 0 Å². The van der Waals surface area contributed by atoms with Gasteiger partial charge < -0.3 is 14.2 Å². The van der Waals surface area contributed by atoms with Crippen molar-refractivity contribution in [1.29, 1.82) is 0 Å². The zero-order chi connectivity index (χ0) is 15.2. The molecule has 3 atom stereocenters. The fraction of sp³-hybridized carbons (Fsp3) is 0.647. The third-order valence-electron chi connectivity index (χ3n) is 4.86. The van der Waals surface area contributed by atoms with Crippen LogP contribution < -0.4 is 0 Å². The summed E-state index contributed by atoms with van der Waals surface area (Å²) in [7, 11) is 0. The van der Waals surface area contributed by atoms with Crippen LogP contribution in [0.15, 0.2) is 30.3 Å². The van der Waals surface area contributed by atoms with Crippen LogP contribution in [0.1, 0.15) is 19.4 Å². The summed E-state index contributed by atoms with van der Waals surface area (Å²) in [5.74, 6) is -0.260. The molecule has 1 aromatic carbocycles. The van der Waals surface area contributed by atoms with Gasteiger partial charge in [0.05, 0.1) is 32.5 Å². The number of benzene rings is 1. The van der Waals surface area contributed by atoms with E-state index in [1.807, 2.05) is 19.9 Å². The SMILES string of the molecule is CC1(C)OC[C@@]2(COC[C@H]3[C@@H]2CON3Cc2ccccc2)O1. The Morgan fingerprint density at radius 2 is 1.95 bits per heavy atom. The lowest BCUT2D eigenvalue weighted by Crippen LogP contribution is -2.57. The van der Waals surface area contributed by atoms with E-state index in [9.17, 15) is 0 Å². The Morgan fingerprint density at radius 1 is 1.14 bits per heavy atom. The quantitative estimate of drug-likeness (QED) is 0.835. The minimum Gasteiger partial charge on any atom is -0.377 e. The van der Waals surface area contributed by atoms with Crippen molar-refractivity contribution in [2.75, 3.05) is 26.4 Å². The van der Waals surface area contributed by atoms with E-state index >= 15 is 0 Å². The Labute approximate surface area is 131 Å². The normalized spacial score (nSPS) is 37.5. The number of hydroxylamine groups is 2. The Balaban J connectivity index is 1.52. The molecule has 0 bridgehead atoms. The first kappa shape index (κ1) is 14.6. The zero-order valence-corrected chi connectivity index (χ0v) is 13.2. The van der Waals surface area contributed by atoms with Crippen molar-refractivity contribution in [3.05, 3.63) is 35.9 Å². The highest BCUT2D eigenvalue weighted by atomic mass is 16.8. The number of rotatable bonds is 2. The molecule has 1 spiro atoms. The first-order valence-corrected chi connectivity index (χ1v) is 7.93. The molecular weight excluding hydrogens is 282 g/mol. The van der Waals surface area contributed by atoms with Gasteiger partial charge >= 0.3 is 0 Å². The molecule has 3 fully saturated rings. The monoisotopic (exact) mass is 305 g/mol. The van der Waals surface area contributed by atoms with Crippen molar-refractivity contribution in [2.24, 2.45) is 5.92 Å². The van der Waals surface area contributed by atoms with E-state index in [0.717, 1.165) is 6.54 Å². The summed E-state index contributed by atoms with van der Waals surface area (Å²) in [4.78, 5) is 5.98. The summed E-state index contributed by atoms with van der Waals surface area (Å²) in [6.45, 7) is 7.20. The number of fused-ring (bicyclic) bond motifs is 2. The summed E-state index contributed by atoms with van der Waals surface area (Å²) in [5, 5.41) is 2.05. The fourth-order valence-electron chi connectivity index (χ4n) is 3.77. The van der Waals surface area contributed by atoms with Crippen molar-refractivity contribution in [1.82, 2.24) is 5.06 Å². The van der Waals surface area contributed by atoms with Gasteiger partial charge in [-0.2, -0.15) is 5.06 Å². The number of ether oxygens (including phenoxy) is 3. The summed E-state index contributed by atoms with van der Waals surface area (Å²) in [6, 6.07) is 10.6. The Hall–Kier alpha value is -0.980. The van der Waals surface area contributed by atoms with Crippen LogP contribution in [0.2, 0.25) is 0 Å². The molecule has 5 heteroatoms. The van der Waals surface area contributed by atoms with Gasteiger partial charge in [0.2, 0.25) is 0 Å². The molecule has 3 heterocycles. The standard InChI is InChI=1S/C17H23NO4/c1-16(2)20-12-17(22-16)11-19-10-15-14(17)9-21-18(15)8-13-6-4-3-5-7-13/h3-7,14-15H,8-12H2,1-2H3/t14-,15-,17+/m0/s1. The molecule has 0 saturated carbocycles. The van der Waals surface area contributed by atoms with Crippen molar-refractivity contribution < 1.29 is 19.0 Å². The molecule has 0 aromatic heterocycles. The number of nitrogens with zero attached hydrogens (tertiary/aromatic N) is 1. The maximum atomic E-state index is 6.24. The van der Waals surface area contributed by atoms with Gasteiger partial charge in [-0.3, -0.25) is 4.84 Å². The highest BCUT2D eigenvalue weighted by Crippen LogP contribution is 2.44. The third kappa shape index (κ3) is 2.47. The van der Waals surface area contributed by atoms with Gasteiger partial charge in [-0.1, -0.05) is 30.3 Å². The molecule has 5 nitrogen and oxygen atoms in total. The second-order valence-electron chi connectivity index (χ2n) is 6.90. The predicted molar refractivity (Wildman–Crippen MR) is 79.9 cm³/mol. The smallest absolute Gasteiger partial charge is 0.163 e. The zero-order valence-electron chi connectivity index (χ0n) is 13.2. The van der Waals surface area contributed by atoms with Gasteiger partial charge in [-0.25, -0.2) is 0 Å². The first-order valence-electron chi connectivity index (χ1n) is 7.93. The van der Waals surface area contributed by atoms with Gasteiger partial charge in [-0.15, -0.1) is 0 Å². The lowest BCUT2D eigenvalue weighted by atomic mass is 9.82. The largest absolute Gasteiger partial charge is 0.377 e. The molecule has 3 aliphatic heterocycles. The molecule has 120 valence electrons. The Bertz CT molecular complexity index is 535. The Kier molecular flexibility index (Phi) is 3.51. The molecule has 0 aliphatic carbocycles. The average molecular weight is 305 g/mol. The second-order valence-corrected chi connectivity index (χ2v) is 6.90. The molecule has 0 N–H and O–H groups in total. The van der Waals surface area contributed by atoms with E-state index in [2.05, 4.69) is 29.3 Å². The molecule has 3 aliphatic rings. The third-order valence-corrected chi connectivity index (χ3v) is 4.86. The molecule has 0 radical (unpaired) electrons. The van der Waals surface area contributed by atoms with Crippen molar-refractivity contribution in [3.8, 4) is 0 Å². The second kappa shape index (κ2) is 5.28. The number of hydrogen-bond donors (Lipinski definition) is 0. The van der Waals surface area contributed by atoms with Crippen LogP contribution in [0, 0.1) is 5.92 Å². The van der Waals surface area contributed by atoms with Crippen LogP contribution in [-0.4, -0.2) is 48.9 Å². The summed E-state index contributed by atoms with van der Waals surface area (Å²) < 4.78 is 17.9. The van der Waals surface area contributed by atoms with E-state index in [-0.39, 0.29) is 17.6 Å². The van der Waals surface area contributed by atoms with Gasteiger partial charge in [0.25, 0.3) is 0 Å². The average Bonchev–Trinajstić information content (AvgIpc) is 3.04. The summed E-state index contributed by atoms with van der Waals surface area (Å²) in [6.07, 6.45) is 0. The van der Waals surface area contributed by atoms with Crippen LogP contribution in [-0.2, 0) is 25.6 Å². The van der Waals surface area contributed by atoms with Crippen LogP contribution in [0.5, 0.6) is 0 Å². The van der Waals surface area contributed by atoms with Crippen molar-refractivity contribution in [3.63, 3.8) is 0 Å². The molecule has 0 unspecified atom stereocenters. The van der Waals surface area contributed by atoms with E-state index in [1.165, 1.54) is 5.56 Å². The van der Waals surface area contributed by atoms with Gasteiger partial charge in [-0.05, 0) is 19.4 Å². The van der Waals surface area contributed by atoms with Gasteiger partial charge in [0.15, 0.2) is 5.79 Å². The Morgan fingerprint density at radius 3 is 2.68 bits per heavy atom. The summed E-state index contributed by atoms with van der Waals surface area (Å²) in [5.41, 5.74) is 0.865. The topological polar surface area (TPSA) is 40.2 Å². The number of hydrogen-bond acceptors (Lipinski definition) is 5. The van der Waals surface area contributed by atoms with Gasteiger partial charge in [0.1, 0.15) is 5.60 Å². The lowest BCUT2D eigenvalue weighted by Gasteiger charge is -2.41. The lowest BCUT2D eigenvalue weighted by molar-refractivity contribution is -0.209. The summed E-state index contributed by atoms with van der Waals surface area (Å²) >= 11 is 0. The van der Waals surface area contributed by atoms with Crippen molar-refractivity contribution in [2.45, 2.75) is 37.8 Å². The first-order chi connectivity index (χ1) is 10.6. The highest BCUT2D eigenvalue weighted by molar-refractivity contribution is 5.15. The fourth-order valence-corrected chi connectivity index (χ4v) is 3.77. The van der Waals surface area contributed by atoms with E-state index < -0.39 is 5.79 Å². The molecular formula is C17H23NO4. The minimum absolute atomic E-state index is 0.214. The molecule has 4 rings (SSSR count). The molecule has 22 heavy (non-hydrogen) atoms. The highest BCUT2D eigenvalue weighted by Gasteiger charge is 2.58. The predicted octanol–water partition coefficient (Wildman–Crippen LogP) is 1.97. The maximum absolute atomic E-state index is 6.24.